The van der Waals surface area contributed by atoms with E-state index in [9.17, 15) is 19.7 Å². The van der Waals surface area contributed by atoms with Gasteiger partial charge in [-0.1, -0.05) is 29.8 Å². The summed E-state index contributed by atoms with van der Waals surface area (Å²) >= 11 is 0. The molecule has 1 aromatic heterocycles. The Hall–Kier alpha value is -3.16. The average Bonchev–Trinajstić information content (AvgIpc) is 3.28. The van der Waals surface area contributed by atoms with Crippen LogP contribution in [0.3, 0.4) is 0 Å². The molecule has 1 aliphatic heterocycles. The predicted molar refractivity (Wildman–Crippen MR) is 94.7 cm³/mol. The Morgan fingerprint density at radius 2 is 2.11 bits per heavy atom. The largest absolute Gasteiger partial charge is 0.469 e. The van der Waals surface area contributed by atoms with E-state index in [1.54, 1.807) is 6.07 Å². The number of hydrogen-bond donors (Lipinski definition) is 1. The topological polar surface area (TPSA) is 112 Å². The number of nitrogens with zero attached hydrogens (tertiary/aromatic N) is 1. The summed E-state index contributed by atoms with van der Waals surface area (Å²) in [5.74, 6) is -2.95. The molecule has 1 aromatic carbocycles. The number of carbonyl (C=O) groups excluding carboxylic acids is 2. The van der Waals surface area contributed by atoms with Gasteiger partial charge >= 0.3 is 5.97 Å². The molecule has 142 valence electrons. The van der Waals surface area contributed by atoms with Gasteiger partial charge in [0.25, 0.3) is 0 Å². The fourth-order valence-corrected chi connectivity index (χ4v) is 3.88. The number of esters is 1. The van der Waals surface area contributed by atoms with Gasteiger partial charge in [0.15, 0.2) is 5.41 Å². The van der Waals surface area contributed by atoms with Gasteiger partial charge in [0.05, 0.1) is 13.4 Å². The molecule has 2 heterocycles. The number of hydrogen-bond acceptors (Lipinski definition) is 6. The van der Waals surface area contributed by atoms with Crippen LogP contribution in [0.2, 0.25) is 0 Å². The van der Waals surface area contributed by atoms with Crippen LogP contribution in [0.1, 0.15) is 28.7 Å². The number of methoxy groups -OCH3 is 1. The molecule has 1 fully saturated rings. The molecule has 0 unspecified atom stereocenters. The van der Waals surface area contributed by atoms with Crippen molar-refractivity contribution < 1.29 is 23.7 Å². The van der Waals surface area contributed by atoms with Crippen LogP contribution in [-0.4, -0.2) is 37.0 Å². The SMILES string of the molecule is COC(=O)[C@]1([C@H](C[N+](=O)[O-])c2ccco2)C(=O)NC[C@@H]1c1ccc(C)cc1. The zero-order valence-corrected chi connectivity index (χ0v) is 15.0. The number of ether oxygens (including phenoxy) is 1. The Bertz CT molecular complexity index is 846. The van der Waals surface area contributed by atoms with Crippen molar-refractivity contribution in [1.29, 1.82) is 0 Å². The molecular weight excluding hydrogens is 352 g/mol. The van der Waals surface area contributed by atoms with E-state index < -0.39 is 40.6 Å². The Kier molecular flexibility index (Phi) is 4.98. The lowest BCUT2D eigenvalue weighted by Gasteiger charge is -2.34. The number of benzene rings is 1. The first-order chi connectivity index (χ1) is 12.9. The summed E-state index contributed by atoms with van der Waals surface area (Å²) in [6, 6.07) is 10.5. The van der Waals surface area contributed by atoms with Crippen molar-refractivity contribution in [3.63, 3.8) is 0 Å². The molecule has 0 saturated carbocycles. The lowest BCUT2D eigenvalue weighted by atomic mass is 9.64. The fraction of sp³-hybridized carbons (Fsp3) is 0.368. The summed E-state index contributed by atoms with van der Waals surface area (Å²) in [5, 5.41) is 14.1. The third-order valence-electron chi connectivity index (χ3n) is 5.16. The summed E-state index contributed by atoms with van der Waals surface area (Å²) in [6.45, 7) is 1.46. The van der Waals surface area contributed by atoms with E-state index in [1.807, 2.05) is 31.2 Å². The molecular formula is C19H20N2O6. The normalized spacial score (nSPS) is 22.9. The van der Waals surface area contributed by atoms with Crippen molar-refractivity contribution in [2.45, 2.75) is 18.8 Å². The molecule has 0 spiro atoms. The van der Waals surface area contributed by atoms with E-state index in [0.717, 1.165) is 11.1 Å². The standard InChI is InChI=1S/C19H20N2O6/c1-12-5-7-13(8-6-12)14-10-20-17(22)19(14,18(23)26-2)15(11-21(24)25)16-4-3-9-27-16/h3-9,14-15H,10-11H2,1-2H3,(H,20,22)/t14-,15-,19-/m1/s1. The number of nitrogens with one attached hydrogen (secondary N) is 1. The van der Waals surface area contributed by atoms with Gasteiger partial charge in [-0.05, 0) is 24.6 Å². The minimum atomic E-state index is -1.80. The molecule has 0 bridgehead atoms. The van der Waals surface area contributed by atoms with Crippen molar-refractivity contribution in [1.82, 2.24) is 5.32 Å². The van der Waals surface area contributed by atoms with Gasteiger partial charge in [0.2, 0.25) is 12.5 Å². The zero-order valence-electron chi connectivity index (χ0n) is 15.0. The monoisotopic (exact) mass is 372 g/mol. The lowest BCUT2D eigenvalue weighted by molar-refractivity contribution is -0.486. The smallest absolute Gasteiger partial charge is 0.323 e. The average molecular weight is 372 g/mol. The van der Waals surface area contributed by atoms with Crippen molar-refractivity contribution in [3.8, 4) is 0 Å². The van der Waals surface area contributed by atoms with Crippen LogP contribution < -0.4 is 5.32 Å². The molecule has 1 amide bonds. The lowest BCUT2D eigenvalue weighted by Crippen LogP contribution is -2.49. The van der Waals surface area contributed by atoms with Crippen LogP contribution in [0, 0.1) is 22.5 Å². The second-order valence-corrected chi connectivity index (χ2v) is 6.62. The van der Waals surface area contributed by atoms with E-state index in [-0.39, 0.29) is 12.3 Å². The first kappa shape index (κ1) is 18.6. The van der Waals surface area contributed by atoms with Crippen LogP contribution in [-0.2, 0) is 14.3 Å². The molecule has 1 N–H and O–H groups in total. The van der Waals surface area contributed by atoms with E-state index in [0.29, 0.717) is 0 Å². The Morgan fingerprint density at radius 3 is 2.67 bits per heavy atom. The van der Waals surface area contributed by atoms with E-state index in [4.69, 9.17) is 9.15 Å². The highest BCUT2D eigenvalue weighted by Gasteiger charge is 2.64. The van der Waals surface area contributed by atoms with Gasteiger partial charge < -0.3 is 14.5 Å². The molecule has 3 atom stereocenters. The Balaban J connectivity index is 2.21. The van der Waals surface area contributed by atoms with Crippen LogP contribution >= 0.6 is 0 Å². The molecule has 0 aliphatic carbocycles. The summed E-state index contributed by atoms with van der Waals surface area (Å²) < 4.78 is 10.4. The number of furan rings is 1. The third kappa shape index (κ3) is 3.07. The number of carbonyl (C=O) groups is 2. The van der Waals surface area contributed by atoms with Crippen molar-refractivity contribution in [2.24, 2.45) is 5.41 Å². The Labute approximate surface area is 155 Å². The summed E-state index contributed by atoms with van der Waals surface area (Å²) in [6.07, 6.45) is 1.36. The maximum absolute atomic E-state index is 13.0. The molecule has 0 radical (unpaired) electrons. The number of nitro groups is 1. The first-order valence-corrected chi connectivity index (χ1v) is 8.49. The third-order valence-corrected chi connectivity index (χ3v) is 5.16. The van der Waals surface area contributed by atoms with Crippen LogP contribution in [0.25, 0.3) is 0 Å². The van der Waals surface area contributed by atoms with Crippen LogP contribution in [0.15, 0.2) is 47.1 Å². The highest BCUT2D eigenvalue weighted by molar-refractivity contribution is 6.06. The minimum Gasteiger partial charge on any atom is -0.469 e. The summed E-state index contributed by atoms with van der Waals surface area (Å²) in [7, 11) is 1.17. The van der Waals surface area contributed by atoms with Crippen LogP contribution in [0.4, 0.5) is 0 Å². The highest BCUT2D eigenvalue weighted by atomic mass is 16.6. The second-order valence-electron chi connectivity index (χ2n) is 6.62. The maximum Gasteiger partial charge on any atom is 0.323 e. The zero-order chi connectivity index (χ0) is 19.6. The number of amides is 1. The first-order valence-electron chi connectivity index (χ1n) is 8.49. The fourth-order valence-electron chi connectivity index (χ4n) is 3.88. The van der Waals surface area contributed by atoms with Crippen molar-refractivity contribution in [2.75, 3.05) is 20.2 Å². The van der Waals surface area contributed by atoms with Gasteiger partial charge in [-0.3, -0.25) is 19.7 Å². The van der Waals surface area contributed by atoms with Crippen molar-refractivity contribution in [3.05, 3.63) is 69.7 Å². The Morgan fingerprint density at radius 1 is 1.41 bits per heavy atom. The molecule has 3 rings (SSSR count). The second kappa shape index (κ2) is 7.22. The predicted octanol–water partition coefficient (Wildman–Crippen LogP) is 2.02. The number of rotatable bonds is 6. The summed E-state index contributed by atoms with van der Waals surface area (Å²) in [5.41, 5.74) is -0.0496. The molecule has 27 heavy (non-hydrogen) atoms. The summed E-state index contributed by atoms with van der Waals surface area (Å²) in [4.78, 5) is 36.8. The quantitative estimate of drug-likeness (QED) is 0.359. The van der Waals surface area contributed by atoms with E-state index >= 15 is 0 Å². The van der Waals surface area contributed by atoms with Gasteiger partial charge in [-0.15, -0.1) is 0 Å². The van der Waals surface area contributed by atoms with Gasteiger partial charge in [-0.25, -0.2) is 0 Å². The highest BCUT2D eigenvalue weighted by Crippen LogP contribution is 2.51. The molecule has 8 heteroatoms. The van der Waals surface area contributed by atoms with Crippen LogP contribution in [0.5, 0.6) is 0 Å². The molecule has 1 aliphatic rings. The van der Waals surface area contributed by atoms with Crippen molar-refractivity contribution >= 4 is 11.9 Å². The van der Waals surface area contributed by atoms with E-state index in [1.165, 1.54) is 19.4 Å². The molecule has 1 saturated heterocycles. The molecule has 8 nitrogen and oxygen atoms in total. The van der Waals surface area contributed by atoms with E-state index in [2.05, 4.69) is 5.32 Å². The van der Waals surface area contributed by atoms with Gasteiger partial charge in [-0.2, -0.15) is 0 Å². The molecule has 2 aromatic rings. The van der Waals surface area contributed by atoms with Gasteiger partial charge in [0, 0.05) is 17.4 Å². The number of aryl methyl sites for hydroxylation is 1. The minimum absolute atomic E-state index is 0.173. The van der Waals surface area contributed by atoms with Gasteiger partial charge in [0.1, 0.15) is 11.7 Å². The maximum atomic E-state index is 13.0.